The first-order valence-corrected chi connectivity index (χ1v) is 8.32. The number of benzene rings is 1. The van der Waals surface area contributed by atoms with Crippen molar-refractivity contribution in [3.8, 4) is 11.3 Å². The van der Waals surface area contributed by atoms with E-state index in [1.165, 1.54) is 4.90 Å². The molecule has 0 radical (unpaired) electrons. The van der Waals surface area contributed by atoms with Crippen molar-refractivity contribution in [2.75, 3.05) is 20.8 Å². The summed E-state index contributed by atoms with van der Waals surface area (Å²) in [6.07, 6.45) is 0.558. The molecule has 0 aliphatic rings. The molecular weight excluding hydrogens is 358 g/mol. The lowest BCUT2D eigenvalue weighted by Gasteiger charge is -2.12. The second kappa shape index (κ2) is 8.11. The number of hydrogen-bond acceptors (Lipinski definition) is 6. The number of carbonyl (C=O) groups excluding carboxylic acids is 1. The molecule has 9 heteroatoms. The molecule has 0 unspecified atom stereocenters. The Morgan fingerprint density at radius 3 is 2.85 bits per heavy atom. The van der Waals surface area contributed by atoms with Crippen molar-refractivity contribution in [1.82, 2.24) is 25.2 Å². The average molecular weight is 376 g/mol. The van der Waals surface area contributed by atoms with E-state index < -0.39 is 0 Å². The van der Waals surface area contributed by atoms with Gasteiger partial charge in [-0.3, -0.25) is 9.89 Å². The molecule has 0 aliphatic heterocycles. The molecule has 1 amide bonds. The number of aromatic amines is 1. The van der Waals surface area contributed by atoms with Crippen LogP contribution in [0.4, 0.5) is 0 Å². The minimum Gasteiger partial charge on any atom is -0.384 e. The quantitative estimate of drug-likeness (QED) is 0.681. The van der Waals surface area contributed by atoms with Crippen LogP contribution in [-0.2, 0) is 17.7 Å². The Morgan fingerprint density at radius 1 is 1.35 bits per heavy atom. The minimum absolute atomic E-state index is 0.202. The van der Waals surface area contributed by atoms with Crippen molar-refractivity contribution in [2.45, 2.75) is 13.0 Å². The number of nitrogens with zero attached hydrogens (tertiary/aromatic N) is 4. The number of halogens is 1. The van der Waals surface area contributed by atoms with Crippen molar-refractivity contribution in [2.24, 2.45) is 0 Å². The summed E-state index contributed by atoms with van der Waals surface area (Å²) in [4.78, 5) is 18.3. The zero-order valence-corrected chi connectivity index (χ0v) is 15.2. The number of amides is 1. The van der Waals surface area contributed by atoms with Crippen LogP contribution in [-0.4, -0.2) is 51.9 Å². The summed E-state index contributed by atoms with van der Waals surface area (Å²) in [7, 11) is 3.26. The van der Waals surface area contributed by atoms with Crippen molar-refractivity contribution in [1.29, 1.82) is 0 Å². The Morgan fingerprint density at radius 2 is 2.12 bits per heavy atom. The van der Waals surface area contributed by atoms with E-state index in [4.69, 9.17) is 20.9 Å². The van der Waals surface area contributed by atoms with E-state index in [1.807, 2.05) is 12.1 Å². The molecule has 0 atom stereocenters. The van der Waals surface area contributed by atoms with E-state index in [-0.39, 0.29) is 12.5 Å². The van der Waals surface area contributed by atoms with Gasteiger partial charge in [0, 0.05) is 31.2 Å². The Hall–Kier alpha value is -2.71. The van der Waals surface area contributed by atoms with Crippen LogP contribution in [0.1, 0.15) is 22.2 Å². The fourth-order valence-corrected chi connectivity index (χ4v) is 2.46. The molecule has 0 aliphatic carbocycles. The van der Waals surface area contributed by atoms with Crippen LogP contribution in [0.3, 0.4) is 0 Å². The monoisotopic (exact) mass is 375 g/mol. The second-order valence-electron chi connectivity index (χ2n) is 5.68. The van der Waals surface area contributed by atoms with Crippen LogP contribution in [0, 0.1) is 0 Å². The van der Waals surface area contributed by atoms with Crippen LogP contribution in [0.5, 0.6) is 0 Å². The lowest BCUT2D eigenvalue weighted by Crippen LogP contribution is -2.26. The maximum Gasteiger partial charge on any atom is 0.272 e. The first-order chi connectivity index (χ1) is 12.6. The molecule has 0 fully saturated rings. The summed E-state index contributed by atoms with van der Waals surface area (Å²) in [6, 6.07) is 8.93. The van der Waals surface area contributed by atoms with Crippen molar-refractivity contribution in [3.05, 3.63) is 52.8 Å². The summed E-state index contributed by atoms with van der Waals surface area (Å²) in [5, 5.41) is 11.4. The normalized spacial score (nSPS) is 10.9. The second-order valence-corrected chi connectivity index (χ2v) is 6.12. The highest BCUT2D eigenvalue weighted by Gasteiger charge is 2.18. The van der Waals surface area contributed by atoms with Gasteiger partial charge in [-0.05, 0) is 18.2 Å². The molecule has 8 nitrogen and oxygen atoms in total. The molecule has 136 valence electrons. The number of rotatable bonds is 7. The minimum atomic E-state index is -0.227. The van der Waals surface area contributed by atoms with Crippen LogP contribution in [0.15, 0.2) is 34.9 Å². The predicted octanol–water partition coefficient (Wildman–Crippen LogP) is 2.57. The van der Waals surface area contributed by atoms with Gasteiger partial charge in [0.1, 0.15) is 12.2 Å². The number of methoxy groups -OCH3 is 1. The number of hydrogen-bond donors (Lipinski definition) is 1. The molecule has 0 spiro atoms. The summed E-state index contributed by atoms with van der Waals surface area (Å²) < 4.78 is 10.1. The summed E-state index contributed by atoms with van der Waals surface area (Å²) in [5.74, 6) is 0.688. The zero-order chi connectivity index (χ0) is 18.5. The predicted molar refractivity (Wildman–Crippen MR) is 94.7 cm³/mol. The fourth-order valence-electron chi connectivity index (χ4n) is 2.33. The Bertz CT molecular complexity index is 875. The smallest absolute Gasteiger partial charge is 0.272 e. The van der Waals surface area contributed by atoms with Crippen molar-refractivity contribution < 1.29 is 14.1 Å². The van der Waals surface area contributed by atoms with Gasteiger partial charge in [0.15, 0.2) is 5.82 Å². The molecule has 3 aromatic rings. The molecule has 1 aromatic carbocycles. The van der Waals surface area contributed by atoms with Gasteiger partial charge < -0.3 is 14.2 Å². The van der Waals surface area contributed by atoms with Crippen LogP contribution >= 0.6 is 11.6 Å². The molecule has 1 N–H and O–H groups in total. The van der Waals surface area contributed by atoms with E-state index in [9.17, 15) is 4.79 Å². The van der Waals surface area contributed by atoms with E-state index >= 15 is 0 Å². The van der Waals surface area contributed by atoms with Crippen LogP contribution in [0.2, 0.25) is 5.02 Å². The largest absolute Gasteiger partial charge is 0.384 e. The molecule has 3 rings (SSSR count). The zero-order valence-electron chi connectivity index (χ0n) is 14.4. The Kier molecular flexibility index (Phi) is 5.65. The van der Waals surface area contributed by atoms with E-state index in [1.54, 1.807) is 32.4 Å². The van der Waals surface area contributed by atoms with Gasteiger partial charge in [0.25, 0.3) is 5.91 Å². The van der Waals surface area contributed by atoms with E-state index in [2.05, 4.69) is 20.3 Å². The van der Waals surface area contributed by atoms with Gasteiger partial charge in [-0.15, -0.1) is 0 Å². The Balaban J connectivity index is 1.65. The SMILES string of the molecule is COCCc1noc(CN(C)C(=O)c2cc(-c3ccc(Cl)cc3)n[nH]2)n1. The van der Waals surface area contributed by atoms with Gasteiger partial charge in [-0.2, -0.15) is 10.1 Å². The molecule has 26 heavy (non-hydrogen) atoms. The molecule has 0 bridgehead atoms. The fraction of sp³-hybridized carbons (Fsp3) is 0.294. The van der Waals surface area contributed by atoms with Gasteiger partial charge in [0.2, 0.25) is 5.89 Å². The first kappa shape index (κ1) is 18.1. The third-order valence-corrected chi connectivity index (χ3v) is 3.96. The van der Waals surface area contributed by atoms with Gasteiger partial charge in [0.05, 0.1) is 12.3 Å². The third-order valence-electron chi connectivity index (χ3n) is 3.71. The molecular formula is C17H18ClN5O3. The van der Waals surface area contributed by atoms with E-state index in [0.29, 0.717) is 41.2 Å². The molecule has 2 heterocycles. The van der Waals surface area contributed by atoms with Gasteiger partial charge in [-0.1, -0.05) is 28.9 Å². The first-order valence-electron chi connectivity index (χ1n) is 7.94. The molecule has 0 saturated carbocycles. The maximum atomic E-state index is 12.6. The average Bonchev–Trinajstić information content (AvgIpc) is 3.29. The number of ether oxygens (including phenoxy) is 1. The van der Waals surface area contributed by atoms with Crippen molar-refractivity contribution >= 4 is 17.5 Å². The van der Waals surface area contributed by atoms with Gasteiger partial charge >= 0.3 is 0 Å². The number of nitrogens with one attached hydrogen (secondary N) is 1. The standard InChI is InChI=1S/C17H18ClN5O3/c1-23(10-16-19-15(22-26-16)7-8-25-2)17(24)14-9-13(20-21-14)11-3-5-12(18)6-4-11/h3-6,9H,7-8,10H2,1-2H3,(H,20,21). The highest BCUT2D eigenvalue weighted by molar-refractivity contribution is 6.30. The highest BCUT2D eigenvalue weighted by Crippen LogP contribution is 2.20. The number of H-pyrrole nitrogens is 1. The summed E-state index contributed by atoms with van der Waals surface area (Å²) in [6.45, 7) is 0.712. The number of aromatic nitrogens is 4. The van der Waals surface area contributed by atoms with Crippen LogP contribution in [0.25, 0.3) is 11.3 Å². The highest BCUT2D eigenvalue weighted by atomic mass is 35.5. The lowest BCUT2D eigenvalue weighted by atomic mass is 10.1. The van der Waals surface area contributed by atoms with Crippen molar-refractivity contribution in [3.63, 3.8) is 0 Å². The maximum absolute atomic E-state index is 12.6. The third kappa shape index (κ3) is 4.27. The Labute approximate surface area is 155 Å². The lowest BCUT2D eigenvalue weighted by molar-refractivity contribution is 0.0763. The van der Waals surface area contributed by atoms with Crippen LogP contribution < -0.4 is 0 Å². The topological polar surface area (TPSA) is 97.1 Å². The summed E-state index contributed by atoms with van der Waals surface area (Å²) in [5.41, 5.74) is 1.90. The summed E-state index contributed by atoms with van der Waals surface area (Å²) >= 11 is 5.89. The molecule has 2 aromatic heterocycles. The van der Waals surface area contributed by atoms with Gasteiger partial charge in [-0.25, -0.2) is 0 Å². The van der Waals surface area contributed by atoms with E-state index in [0.717, 1.165) is 5.56 Å². The molecule has 0 saturated heterocycles. The number of carbonyl (C=O) groups is 1.